The minimum absolute atomic E-state index is 0.234. The van der Waals surface area contributed by atoms with Crippen LogP contribution in [0.5, 0.6) is 17.2 Å². The van der Waals surface area contributed by atoms with Crippen LogP contribution < -0.4 is 0 Å². The maximum Gasteiger partial charge on any atom is 0.200 e. The second-order valence-corrected chi connectivity index (χ2v) is 4.43. The van der Waals surface area contributed by atoms with Crippen molar-refractivity contribution in [2.24, 2.45) is 0 Å². The minimum atomic E-state index is -0.447. The lowest BCUT2D eigenvalue weighted by Crippen LogP contribution is -1.92. The molecule has 0 radical (unpaired) electrons. The van der Waals surface area contributed by atoms with E-state index in [0.717, 1.165) is 6.42 Å². The molecule has 0 aliphatic carbocycles. The van der Waals surface area contributed by atoms with Crippen LogP contribution in [-0.4, -0.2) is 15.3 Å². The van der Waals surface area contributed by atoms with Gasteiger partial charge in [0.15, 0.2) is 11.5 Å². The molecular formula is C15H16O3. The molecule has 2 aromatic carbocycles. The number of hydrogen-bond donors (Lipinski definition) is 3. The van der Waals surface area contributed by atoms with Crippen LogP contribution in [0, 0.1) is 6.92 Å². The molecule has 0 aliphatic heterocycles. The van der Waals surface area contributed by atoms with E-state index in [2.05, 4.69) is 6.07 Å². The molecule has 0 fully saturated rings. The van der Waals surface area contributed by atoms with E-state index in [1.54, 1.807) is 6.07 Å². The normalized spacial score (nSPS) is 10.5. The second kappa shape index (κ2) is 5.00. The van der Waals surface area contributed by atoms with E-state index in [4.69, 9.17) is 0 Å². The summed E-state index contributed by atoms with van der Waals surface area (Å²) in [6.07, 6.45) is 1.39. The molecule has 3 nitrogen and oxygen atoms in total. The highest BCUT2D eigenvalue weighted by atomic mass is 16.3. The fourth-order valence-corrected chi connectivity index (χ4v) is 1.96. The van der Waals surface area contributed by atoms with Crippen LogP contribution >= 0.6 is 0 Å². The first kappa shape index (κ1) is 12.3. The first-order chi connectivity index (χ1) is 8.58. The molecule has 0 atom stereocenters. The lowest BCUT2D eigenvalue weighted by molar-refractivity contribution is 0.365. The minimum Gasteiger partial charge on any atom is -0.504 e. The summed E-state index contributed by atoms with van der Waals surface area (Å²) < 4.78 is 0. The number of rotatable bonds is 3. The molecule has 0 heterocycles. The number of benzene rings is 2. The fraction of sp³-hybridized carbons (Fsp3) is 0.200. The lowest BCUT2D eigenvalue weighted by atomic mass is 10.0. The van der Waals surface area contributed by atoms with E-state index in [0.29, 0.717) is 12.0 Å². The maximum atomic E-state index is 9.70. The van der Waals surface area contributed by atoms with Gasteiger partial charge in [-0.3, -0.25) is 0 Å². The van der Waals surface area contributed by atoms with Gasteiger partial charge in [0, 0.05) is 0 Å². The molecule has 0 saturated carbocycles. The van der Waals surface area contributed by atoms with E-state index < -0.39 is 5.75 Å². The Morgan fingerprint density at radius 3 is 2.39 bits per heavy atom. The summed E-state index contributed by atoms with van der Waals surface area (Å²) in [7, 11) is 0. The van der Waals surface area contributed by atoms with Gasteiger partial charge in [0.2, 0.25) is 5.75 Å². The largest absolute Gasteiger partial charge is 0.504 e. The van der Waals surface area contributed by atoms with Crippen molar-refractivity contribution in [2.75, 3.05) is 0 Å². The Morgan fingerprint density at radius 1 is 0.889 bits per heavy atom. The highest BCUT2D eigenvalue weighted by Crippen LogP contribution is 2.37. The van der Waals surface area contributed by atoms with Crippen molar-refractivity contribution in [3.05, 3.63) is 53.1 Å². The molecule has 0 amide bonds. The Hall–Kier alpha value is -2.16. The van der Waals surface area contributed by atoms with E-state index in [1.165, 1.54) is 17.2 Å². The van der Waals surface area contributed by atoms with Gasteiger partial charge >= 0.3 is 0 Å². The molecular weight excluding hydrogens is 228 g/mol. The SMILES string of the molecule is Cc1cccc(CCc2ccc(O)c(O)c2O)c1. The fourth-order valence-electron chi connectivity index (χ4n) is 1.96. The summed E-state index contributed by atoms with van der Waals surface area (Å²) in [6.45, 7) is 2.04. The highest BCUT2D eigenvalue weighted by molar-refractivity contribution is 5.53. The average Bonchev–Trinajstić information content (AvgIpc) is 2.35. The van der Waals surface area contributed by atoms with E-state index in [-0.39, 0.29) is 11.5 Å². The Morgan fingerprint density at radius 2 is 1.67 bits per heavy atom. The van der Waals surface area contributed by atoms with Gasteiger partial charge in [0.1, 0.15) is 0 Å². The van der Waals surface area contributed by atoms with Gasteiger partial charge in [-0.05, 0) is 37.0 Å². The van der Waals surface area contributed by atoms with Gasteiger partial charge in [-0.15, -0.1) is 0 Å². The van der Waals surface area contributed by atoms with Gasteiger partial charge in [-0.1, -0.05) is 35.9 Å². The number of hydrogen-bond acceptors (Lipinski definition) is 3. The first-order valence-electron chi connectivity index (χ1n) is 5.86. The molecule has 0 saturated heterocycles. The molecule has 94 valence electrons. The van der Waals surface area contributed by atoms with Crippen LogP contribution in [0.1, 0.15) is 16.7 Å². The second-order valence-electron chi connectivity index (χ2n) is 4.43. The van der Waals surface area contributed by atoms with Crippen LogP contribution in [0.15, 0.2) is 36.4 Å². The van der Waals surface area contributed by atoms with E-state index in [9.17, 15) is 15.3 Å². The average molecular weight is 244 g/mol. The van der Waals surface area contributed by atoms with Crippen molar-refractivity contribution in [1.29, 1.82) is 0 Å². The molecule has 2 rings (SSSR count). The molecule has 2 aromatic rings. The summed E-state index contributed by atoms with van der Waals surface area (Å²) in [5.74, 6) is -0.980. The van der Waals surface area contributed by atoms with E-state index in [1.807, 2.05) is 25.1 Å². The first-order valence-corrected chi connectivity index (χ1v) is 5.86. The van der Waals surface area contributed by atoms with Gasteiger partial charge < -0.3 is 15.3 Å². The predicted octanol–water partition coefficient (Wildman–Crippen LogP) is 2.90. The number of phenols is 3. The molecule has 3 heteroatoms. The molecule has 0 aromatic heterocycles. The van der Waals surface area contributed by atoms with Crippen LogP contribution in [-0.2, 0) is 12.8 Å². The van der Waals surface area contributed by atoms with Crippen molar-refractivity contribution in [2.45, 2.75) is 19.8 Å². The van der Waals surface area contributed by atoms with Crippen LogP contribution in [0.2, 0.25) is 0 Å². The summed E-state index contributed by atoms with van der Waals surface area (Å²) >= 11 is 0. The predicted molar refractivity (Wildman–Crippen MR) is 70.0 cm³/mol. The van der Waals surface area contributed by atoms with Gasteiger partial charge in [0.05, 0.1) is 0 Å². The Kier molecular flexibility index (Phi) is 3.42. The summed E-state index contributed by atoms with van der Waals surface area (Å²) in [6, 6.07) is 11.2. The standard InChI is InChI=1S/C15H16O3/c1-10-3-2-4-11(9-10)5-6-12-7-8-13(16)15(18)14(12)17/h2-4,7-9,16-18H,5-6H2,1H3. The summed E-state index contributed by atoms with van der Waals surface area (Å²) in [5, 5.41) is 28.4. The quantitative estimate of drug-likeness (QED) is 0.727. The molecule has 0 bridgehead atoms. The molecule has 0 spiro atoms. The third-order valence-electron chi connectivity index (χ3n) is 2.98. The Labute approximate surface area is 106 Å². The van der Waals surface area contributed by atoms with Crippen molar-refractivity contribution < 1.29 is 15.3 Å². The molecule has 0 unspecified atom stereocenters. The zero-order valence-corrected chi connectivity index (χ0v) is 10.2. The number of aryl methyl sites for hydroxylation is 3. The van der Waals surface area contributed by atoms with E-state index >= 15 is 0 Å². The monoisotopic (exact) mass is 244 g/mol. The molecule has 3 N–H and O–H groups in total. The van der Waals surface area contributed by atoms with Gasteiger partial charge in [-0.2, -0.15) is 0 Å². The van der Waals surface area contributed by atoms with Crippen molar-refractivity contribution in [3.63, 3.8) is 0 Å². The molecule has 18 heavy (non-hydrogen) atoms. The number of aromatic hydroxyl groups is 3. The smallest absolute Gasteiger partial charge is 0.200 e. The highest BCUT2D eigenvalue weighted by Gasteiger charge is 2.10. The Bertz CT molecular complexity index is 562. The topological polar surface area (TPSA) is 60.7 Å². The summed E-state index contributed by atoms with van der Waals surface area (Å²) in [4.78, 5) is 0. The van der Waals surface area contributed by atoms with Crippen LogP contribution in [0.4, 0.5) is 0 Å². The van der Waals surface area contributed by atoms with Crippen LogP contribution in [0.25, 0.3) is 0 Å². The number of phenolic OH excluding ortho intramolecular Hbond substituents is 3. The third-order valence-corrected chi connectivity index (χ3v) is 2.98. The summed E-state index contributed by atoms with van der Waals surface area (Å²) in [5.41, 5.74) is 3.01. The third kappa shape index (κ3) is 2.56. The molecule has 0 aliphatic rings. The van der Waals surface area contributed by atoms with Crippen molar-refractivity contribution >= 4 is 0 Å². The van der Waals surface area contributed by atoms with Crippen molar-refractivity contribution in [1.82, 2.24) is 0 Å². The van der Waals surface area contributed by atoms with Gasteiger partial charge in [0.25, 0.3) is 0 Å². The Balaban J connectivity index is 2.14. The zero-order chi connectivity index (χ0) is 13.1. The van der Waals surface area contributed by atoms with Gasteiger partial charge in [-0.25, -0.2) is 0 Å². The zero-order valence-electron chi connectivity index (χ0n) is 10.2. The van der Waals surface area contributed by atoms with Crippen molar-refractivity contribution in [3.8, 4) is 17.2 Å². The van der Waals surface area contributed by atoms with Crippen LogP contribution in [0.3, 0.4) is 0 Å². The maximum absolute atomic E-state index is 9.70. The lowest BCUT2D eigenvalue weighted by Gasteiger charge is -2.08.